The van der Waals surface area contributed by atoms with Crippen LogP contribution in [0.1, 0.15) is 54.7 Å². The Morgan fingerprint density at radius 3 is 2.00 bits per heavy atom. The molecule has 3 aromatic carbocycles. The SMILES string of the molecule is COc1ccc(CC(=O)N/N=C(\C)c2ccc(NC(=O)c3ccc(C(C)(C)C)cc3)cc2)cc1. The predicted octanol–water partition coefficient (Wildman–Crippen LogP) is 5.33. The zero-order chi connectivity index (χ0) is 24.7. The molecule has 6 heteroatoms. The molecule has 3 aromatic rings. The second-order valence-electron chi connectivity index (χ2n) is 9.12. The molecule has 2 amide bonds. The van der Waals surface area contributed by atoms with Gasteiger partial charge in [0.1, 0.15) is 5.75 Å². The highest BCUT2D eigenvalue weighted by molar-refractivity contribution is 6.05. The number of methoxy groups -OCH3 is 1. The van der Waals surface area contributed by atoms with E-state index in [9.17, 15) is 9.59 Å². The average Bonchev–Trinajstić information content (AvgIpc) is 2.83. The van der Waals surface area contributed by atoms with E-state index in [1.54, 1.807) is 7.11 Å². The number of anilines is 1. The van der Waals surface area contributed by atoms with Crippen LogP contribution in [0.5, 0.6) is 5.75 Å². The first-order valence-corrected chi connectivity index (χ1v) is 11.1. The quantitative estimate of drug-likeness (QED) is 0.372. The smallest absolute Gasteiger partial charge is 0.255 e. The molecule has 0 aromatic heterocycles. The Morgan fingerprint density at radius 1 is 0.853 bits per heavy atom. The zero-order valence-electron chi connectivity index (χ0n) is 20.3. The van der Waals surface area contributed by atoms with Gasteiger partial charge in [0.15, 0.2) is 0 Å². The van der Waals surface area contributed by atoms with Crippen molar-refractivity contribution in [3.63, 3.8) is 0 Å². The number of hydrogen-bond donors (Lipinski definition) is 2. The van der Waals surface area contributed by atoms with Crippen molar-refractivity contribution in [1.29, 1.82) is 0 Å². The first kappa shape index (κ1) is 24.7. The van der Waals surface area contributed by atoms with Crippen LogP contribution in [0.2, 0.25) is 0 Å². The van der Waals surface area contributed by atoms with Gasteiger partial charge in [0.25, 0.3) is 5.91 Å². The molecule has 0 radical (unpaired) electrons. The predicted molar refractivity (Wildman–Crippen MR) is 137 cm³/mol. The molecule has 2 N–H and O–H groups in total. The Labute approximate surface area is 201 Å². The van der Waals surface area contributed by atoms with Crippen molar-refractivity contribution in [2.75, 3.05) is 12.4 Å². The standard InChI is InChI=1S/C28H31N3O3/c1-19(30-31-26(32)18-20-6-16-25(34-5)17-7-20)21-10-14-24(15-11-21)29-27(33)22-8-12-23(13-9-22)28(2,3)4/h6-17H,18H2,1-5H3,(H,29,33)(H,31,32)/b30-19+. The fourth-order valence-corrected chi connectivity index (χ4v) is 3.30. The molecule has 0 saturated heterocycles. The molecule has 0 spiro atoms. The number of hydrazone groups is 1. The van der Waals surface area contributed by atoms with Gasteiger partial charge in [-0.2, -0.15) is 5.10 Å². The van der Waals surface area contributed by atoms with Gasteiger partial charge < -0.3 is 10.1 Å². The summed E-state index contributed by atoms with van der Waals surface area (Å²) in [5.41, 5.74) is 7.49. The summed E-state index contributed by atoms with van der Waals surface area (Å²) in [4.78, 5) is 24.8. The fraction of sp³-hybridized carbons (Fsp3) is 0.250. The topological polar surface area (TPSA) is 79.8 Å². The van der Waals surface area contributed by atoms with E-state index < -0.39 is 0 Å². The molecular weight excluding hydrogens is 426 g/mol. The summed E-state index contributed by atoms with van der Waals surface area (Å²) in [6, 6.07) is 22.3. The maximum absolute atomic E-state index is 12.6. The van der Waals surface area contributed by atoms with Gasteiger partial charge in [-0.3, -0.25) is 9.59 Å². The van der Waals surface area contributed by atoms with Crippen molar-refractivity contribution < 1.29 is 14.3 Å². The highest BCUT2D eigenvalue weighted by Gasteiger charge is 2.14. The number of ether oxygens (including phenoxy) is 1. The number of rotatable bonds is 7. The molecule has 34 heavy (non-hydrogen) atoms. The molecule has 3 rings (SSSR count). The number of carbonyl (C=O) groups is 2. The zero-order valence-corrected chi connectivity index (χ0v) is 20.3. The van der Waals surface area contributed by atoms with Gasteiger partial charge in [0.2, 0.25) is 5.91 Å². The van der Waals surface area contributed by atoms with Crippen molar-refractivity contribution in [1.82, 2.24) is 5.43 Å². The lowest BCUT2D eigenvalue weighted by molar-refractivity contribution is -0.120. The van der Waals surface area contributed by atoms with Crippen LogP contribution in [0.3, 0.4) is 0 Å². The monoisotopic (exact) mass is 457 g/mol. The van der Waals surface area contributed by atoms with Gasteiger partial charge >= 0.3 is 0 Å². The van der Waals surface area contributed by atoms with E-state index in [1.807, 2.05) is 79.7 Å². The van der Waals surface area contributed by atoms with E-state index >= 15 is 0 Å². The summed E-state index contributed by atoms with van der Waals surface area (Å²) in [6.07, 6.45) is 0.225. The number of nitrogens with zero attached hydrogens (tertiary/aromatic N) is 1. The van der Waals surface area contributed by atoms with E-state index in [0.717, 1.165) is 16.9 Å². The van der Waals surface area contributed by atoms with Crippen LogP contribution in [0.4, 0.5) is 5.69 Å². The third kappa shape index (κ3) is 6.78. The Hall–Kier alpha value is -3.93. The van der Waals surface area contributed by atoms with E-state index in [0.29, 0.717) is 17.0 Å². The van der Waals surface area contributed by atoms with E-state index in [4.69, 9.17) is 4.74 Å². The first-order chi connectivity index (χ1) is 16.2. The van der Waals surface area contributed by atoms with Crippen molar-refractivity contribution in [3.8, 4) is 5.75 Å². The van der Waals surface area contributed by atoms with Crippen LogP contribution < -0.4 is 15.5 Å². The van der Waals surface area contributed by atoms with Crippen LogP contribution in [-0.2, 0) is 16.6 Å². The Bertz CT molecular complexity index is 1160. The summed E-state index contributed by atoms with van der Waals surface area (Å²) in [6.45, 7) is 8.24. The van der Waals surface area contributed by atoms with Crippen LogP contribution in [-0.4, -0.2) is 24.6 Å². The molecule has 176 valence electrons. The van der Waals surface area contributed by atoms with Crippen molar-refractivity contribution in [2.24, 2.45) is 5.10 Å². The van der Waals surface area contributed by atoms with E-state index in [2.05, 4.69) is 36.6 Å². The molecule has 0 fully saturated rings. The lowest BCUT2D eigenvalue weighted by atomic mass is 9.87. The minimum atomic E-state index is -0.203. The minimum Gasteiger partial charge on any atom is -0.497 e. The molecule has 0 heterocycles. The summed E-state index contributed by atoms with van der Waals surface area (Å²) < 4.78 is 5.12. The van der Waals surface area contributed by atoms with Crippen LogP contribution >= 0.6 is 0 Å². The van der Waals surface area contributed by atoms with E-state index in [-0.39, 0.29) is 23.7 Å². The highest BCUT2D eigenvalue weighted by atomic mass is 16.5. The molecule has 0 saturated carbocycles. The summed E-state index contributed by atoms with van der Waals surface area (Å²) >= 11 is 0. The van der Waals surface area contributed by atoms with Gasteiger partial charge in [-0.25, -0.2) is 5.43 Å². The number of amides is 2. The first-order valence-electron chi connectivity index (χ1n) is 11.1. The van der Waals surface area contributed by atoms with Gasteiger partial charge in [0, 0.05) is 11.3 Å². The minimum absolute atomic E-state index is 0.0411. The summed E-state index contributed by atoms with van der Waals surface area (Å²) in [7, 11) is 1.60. The Kier molecular flexibility index (Phi) is 7.84. The third-order valence-electron chi connectivity index (χ3n) is 5.45. The molecule has 0 unspecified atom stereocenters. The third-order valence-corrected chi connectivity index (χ3v) is 5.45. The molecular formula is C28H31N3O3. The summed E-state index contributed by atoms with van der Waals surface area (Å²) in [5.74, 6) is 0.381. The lowest BCUT2D eigenvalue weighted by Crippen LogP contribution is -2.21. The fourth-order valence-electron chi connectivity index (χ4n) is 3.30. The maximum Gasteiger partial charge on any atom is 0.255 e. The molecule has 0 atom stereocenters. The number of benzene rings is 3. The normalized spacial score (nSPS) is 11.6. The van der Waals surface area contributed by atoms with Gasteiger partial charge in [-0.1, -0.05) is 57.2 Å². The molecule has 0 aliphatic heterocycles. The largest absolute Gasteiger partial charge is 0.497 e. The van der Waals surface area contributed by atoms with Crippen LogP contribution in [0, 0.1) is 0 Å². The van der Waals surface area contributed by atoms with Crippen molar-refractivity contribution in [3.05, 3.63) is 95.1 Å². The lowest BCUT2D eigenvalue weighted by Gasteiger charge is -2.19. The van der Waals surface area contributed by atoms with Crippen LogP contribution in [0.25, 0.3) is 0 Å². The van der Waals surface area contributed by atoms with Gasteiger partial charge in [-0.15, -0.1) is 0 Å². The molecule has 0 aliphatic rings. The molecule has 0 aliphatic carbocycles. The van der Waals surface area contributed by atoms with Crippen molar-refractivity contribution >= 4 is 23.2 Å². The number of carbonyl (C=O) groups excluding carboxylic acids is 2. The second kappa shape index (κ2) is 10.8. The van der Waals surface area contributed by atoms with E-state index in [1.165, 1.54) is 5.56 Å². The van der Waals surface area contributed by atoms with Crippen LogP contribution in [0.15, 0.2) is 77.9 Å². The molecule has 6 nitrogen and oxygen atoms in total. The summed E-state index contributed by atoms with van der Waals surface area (Å²) in [5, 5.41) is 7.11. The maximum atomic E-state index is 12.6. The van der Waals surface area contributed by atoms with Crippen molar-refractivity contribution in [2.45, 2.75) is 39.5 Å². The Balaban J connectivity index is 1.55. The second-order valence-corrected chi connectivity index (χ2v) is 9.12. The van der Waals surface area contributed by atoms with Gasteiger partial charge in [0.05, 0.1) is 19.2 Å². The van der Waals surface area contributed by atoms with Gasteiger partial charge in [-0.05, 0) is 65.4 Å². The molecule has 0 bridgehead atoms. The average molecular weight is 458 g/mol. The Morgan fingerprint density at radius 2 is 1.44 bits per heavy atom. The number of nitrogens with one attached hydrogen (secondary N) is 2. The highest BCUT2D eigenvalue weighted by Crippen LogP contribution is 2.22. The number of hydrogen-bond acceptors (Lipinski definition) is 4.